The minimum absolute atomic E-state index is 0.119. The SMILES string of the molecule is O=C(O)C1CCN(C(=O)NC2CCc3c2ccc(F)c3Br)CC1. The number of rotatable bonds is 2. The number of hydrogen-bond donors (Lipinski definition) is 2. The highest BCUT2D eigenvalue weighted by molar-refractivity contribution is 9.10. The summed E-state index contributed by atoms with van der Waals surface area (Å²) in [5.41, 5.74) is 1.87. The zero-order chi connectivity index (χ0) is 16.6. The monoisotopic (exact) mass is 384 g/mol. The molecule has 5 nitrogen and oxygen atoms in total. The Hall–Kier alpha value is -1.63. The molecule has 1 aromatic carbocycles. The van der Waals surface area contributed by atoms with Crippen LogP contribution in [0.3, 0.4) is 0 Å². The number of carbonyl (C=O) groups is 2. The van der Waals surface area contributed by atoms with Crippen molar-refractivity contribution in [1.29, 1.82) is 0 Å². The van der Waals surface area contributed by atoms with Crippen LogP contribution >= 0.6 is 15.9 Å². The molecule has 2 N–H and O–H groups in total. The van der Waals surface area contributed by atoms with Gasteiger partial charge in [0.2, 0.25) is 0 Å². The lowest BCUT2D eigenvalue weighted by Gasteiger charge is -2.31. The van der Waals surface area contributed by atoms with Crippen LogP contribution in [0.4, 0.5) is 9.18 Å². The van der Waals surface area contributed by atoms with E-state index in [-0.39, 0.29) is 23.8 Å². The van der Waals surface area contributed by atoms with Gasteiger partial charge in [0.25, 0.3) is 0 Å². The Morgan fingerprint density at radius 3 is 2.61 bits per heavy atom. The summed E-state index contributed by atoms with van der Waals surface area (Å²) < 4.78 is 14.0. The van der Waals surface area contributed by atoms with Gasteiger partial charge >= 0.3 is 12.0 Å². The van der Waals surface area contributed by atoms with Crippen LogP contribution in [0.2, 0.25) is 0 Å². The first-order chi connectivity index (χ1) is 11.0. The van der Waals surface area contributed by atoms with Crippen molar-refractivity contribution in [1.82, 2.24) is 10.2 Å². The Kier molecular flexibility index (Phi) is 4.57. The molecular weight excluding hydrogens is 367 g/mol. The van der Waals surface area contributed by atoms with Crippen LogP contribution in [0.25, 0.3) is 0 Å². The number of amides is 2. The van der Waals surface area contributed by atoms with Gasteiger partial charge in [0, 0.05) is 13.1 Å². The molecule has 124 valence electrons. The number of carboxylic acids is 1. The molecule has 7 heteroatoms. The minimum Gasteiger partial charge on any atom is -0.481 e. The second kappa shape index (κ2) is 6.47. The van der Waals surface area contributed by atoms with Gasteiger partial charge in [-0.15, -0.1) is 0 Å². The number of likely N-dealkylation sites (tertiary alicyclic amines) is 1. The molecule has 0 saturated carbocycles. The van der Waals surface area contributed by atoms with Gasteiger partial charge in [0.1, 0.15) is 5.82 Å². The fourth-order valence-electron chi connectivity index (χ4n) is 3.35. The number of aliphatic carboxylic acids is 1. The van der Waals surface area contributed by atoms with E-state index in [0.717, 1.165) is 24.0 Å². The summed E-state index contributed by atoms with van der Waals surface area (Å²) in [6.45, 7) is 0.908. The lowest BCUT2D eigenvalue weighted by Crippen LogP contribution is -2.46. The van der Waals surface area contributed by atoms with Gasteiger partial charge in [-0.2, -0.15) is 0 Å². The average Bonchev–Trinajstić information content (AvgIpc) is 2.94. The van der Waals surface area contributed by atoms with Crippen molar-refractivity contribution in [3.05, 3.63) is 33.5 Å². The number of carboxylic acid groups (broad SMARTS) is 1. The van der Waals surface area contributed by atoms with Crippen LogP contribution in [-0.2, 0) is 11.2 Å². The summed E-state index contributed by atoms with van der Waals surface area (Å²) in [5, 5.41) is 12.0. The fraction of sp³-hybridized carbons (Fsp3) is 0.500. The van der Waals surface area contributed by atoms with Crippen molar-refractivity contribution in [3.63, 3.8) is 0 Å². The van der Waals surface area contributed by atoms with Crippen molar-refractivity contribution in [2.75, 3.05) is 13.1 Å². The maximum Gasteiger partial charge on any atom is 0.317 e. The molecule has 3 rings (SSSR count). The number of nitrogens with one attached hydrogen (secondary N) is 1. The summed E-state index contributed by atoms with van der Waals surface area (Å²) in [6, 6.07) is 2.84. The third-order valence-corrected chi connectivity index (χ3v) is 5.58. The summed E-state index contributed by atoms with van der Waals surface area (Å²) in [4.78, 5) is 25.0. The van der Waals surface area contributed by atoms with Crippen molar-refractivity contribution < 1.29 is 19.1 Å². The molecule has 1 aromatic rings. The smallest absolute Gasteiger partial charge is 0.317 e. The van der Waals surface area contributed by atoms with E-state index < -0.39 is 5.97 Å². The molecule has 2 aliphatic rings. The normalized spacial score (nSPS) is 21.1. The maximum absolute atomic E-state index is 13.6. The zero-order valence-electron chi connectivity index (χ0n) is 12.5. The second-order valence-corrected chi connectivity index (χ2v) is 6.86. The van der Waals surface area contributed by atoms with E-state index in [1.165, 1.54) is 6.07 Å². The summed E-state index contributed by atoms with van der Waals surface area (Å²) in [7, 11) is 0. The minimum atomic E-state index is -0.790. The van der Waals surface area contributed by atoms with Gasteiger partial charge in [0.15, 0.2) is 0 Å². The van der Waals surface area contributed by atoms with E-state index in [2.05, 4.69) is 21.2 Å². The lowest BCUT2D eigenvalue weighted by molar-refractivity contribution is -0.143. The predicted molar refractivity (Wildman–Crippen MR) is 85.6 cm³/mol. The lowest BCUT2D eigenvalue weighted by atomic mass is 9.97. The van der Waals surface area contributed by atoms with Crippen LogP contribution in [0.5, 0.6) is 0 Å². The summed E-state index contributed by atoms with van der Waals surface area (Å²) in [6.07, 6.45) is 2.44. The molecule has 0 bridgehead atoms. The highest BCUT2D eigenvalue weighted by Gasteiger charge is 2.31. The first kappa shape index (κ1) is 16.2. The van der Waals surface area contributed by atoms with E-state index in [1.807, 2.05) is 0 Å². The fourth-order valence-corrected chi connectivity index (χ4v) is 3.91. The van der Waals surface area contributed by atoms with Crippen LogP contribution < -0.4 is 5.32 Å². The molecule has 1 fully saturated rings. The van der Waals surface area contributed by atoms with E-state index in [0.29, 0.717) is 30.4 Å². The van der Waals surface area contributed by atoms with Gasteiger partial charge in [-0.1, -0.05) is 6.07 Å². The van der Waals surface area contributed by atoms with Gasteiger partial charge in [-0.3, -0.25) is 4.79 Å². The molecule has 0 radical (unpaired) electrons. The standard InChI is InChI=1S/C16H18BrFN2O3/c17-14-11-2-4-13(10(11)1-3-12(14)18)19-16(23)20-7-5-9(6-8-20)15(21)22/h1,3,9,13H,2,4-8H2,(H,19,23)(H,21,22). The number of benzene rings is 1. The summed E-state index contributed by atoms with van der Waals surface area (Å²) in [5.74, 6) is -1.43. The number of fused-ring (bicyclic) bond motifs is 1. The molecule has 1 atom stereocenters. The Labute approximate surface area is 142 Å². The quantitative estimate of drug-likeness (QED) is 0.822. The average molecular weight is 385 g/mol. The first-order valence-electron chi connectivity index (χ1n) is 7.72. The van der Waals surface area contributed by atoms with Gasteiger partial charge in [0.05, 0.1) is 16.4 Å². The third kappa shape index (κ3) is 3.20. The molecule has 1 heterocycles. The highest BCUT2D eigenvalue weighted by Crippen LogP contribution is 2.37. The molecule has 0 spiro atoms. The maximum atomic E-state index is 13.6. The third-order valence-electron chi connectivity index (χ3n) is 4.72. The number of halogens is 2. The Morgan fingerprint density at radius 2 is 1.96 bits per heavy atom. The van der Waals surface area contributed by atoms with Crippen LogP contribution in [0.1, 0.15) is 36.4 Å². The van der Waals surface area contributed by atoms with E-state index >= 15 is 0 Å². The number of nitrogens with zero attached hydrogens (tertiary/aromatic N) is 1. The van der Waals surface area contributed by atoms with Crippen LogP contribution in [0.15, 0.2) is 16.6 Å². The van der Waals surface area contributed by atoms with E-state index in [4.69, 9.17) is 5.11 Å². The number of piperidine rings is 1. The highest BCUT2D eigenvalue weighted by atomic mass is 79.9. The predicted octanol–water partition coefficient (Wildman–Crippen LogP) is 3.08. The number of hydrogen-bond acceptors (Lipinski definition) is 2. The molecule has 23 heavy (non-hydrogen) atoms. The van der Waals surface area contributed by atoms with Crippen molar-refractivity contribution in [2.24, 2.45) is 5.92 Å². The number of urea groups is 1. The molecular formula is C16H18BrFN2O3. The molecule has 2 amide bonds. The van der Waals surface area contributed by atoms with Crippen molar-refractivity contribution >= 4 is 27.9 Å². The molecule has 1 unspecified atom stereocenters. The molecule has 0 aromatic heterocycles. The largest absolute Gasteiger partial charge is 0.481 e. The van der Waals surface area contributed by atoms with E-state index in [9.17, 15) is 14.0 Å². The Morgan fingerprint density at radius 1 is 1.26 bits per heavy atom. The van der Waals surface area contributed by atoms with Gasteiger partial charge in [-0.25, -0.2) is 9.18 Å². The van der Waals surface area contributed by atoms with Crippen molar-refractivity contribution in [3.8, 4) is 0 Å². The van der Waals surface area contributed by atoms with Crippen molar-refractivity contribution in [2.45, 2.75) is 31.7 Å². The first-order valence-corrected chi connectivity index (χ1v) is 8.51. The van der Waals surface area contributed by atoms with Gasteiger partial charge in [-0.05, 0) is 58.8 Å². The molecule has 1 saturated heterocycles. The van der Waals surface area contributed by atoms with Gasteiger partial charge < -0.3 is 15.3 Å². The van der Waals surface area contributed by atoms with E-state index in [1.54, 1.807) is 11.0 Å². The van der Waals surface area contributed by atoms with Crippen LogP contribution in [-0.4, -0.2) is 35.1 Å². The topological polar surface area (TPSA) is 69.6 Å². The second-order valence-electron chi connectivity index (χ2n) is 6.07. The summed E-state index contributed by atoms with van der Waals surface area (Å²) >= 11 is 3.27. The molecule has 1 aliphatic heterocycles. The Bertz CT molecular complexity index is 644. The molecule has 1 aliphatic carbocycles. The zero-order valence-corrected chi connectivity index (χ0v) is 14.1. The number of carbonyl (C=O) groups excluding carboxylic acids is 1. The Balaban J connectivity index is 1.63. The van der Waals surface area contributed by atoms with Crippen LogP contribution in [0, 0.1) is 11.7 Å².